The number of likely N-dealkylation sites (tertiary alicyclic amines) is 1. The summed E-state index contributed by atoms with van der Waals surface area (Å²) in [7, 11) is -1.62. The number of benzene rings is 3. The van der Waals surface area contributed by atoms with Gasteiger partial charge in [0.15, 0.2) is 0 Å². The number of hydrogen-bond acceptors (Lipinski definition) is 5. The maximum atomic E-state index is 13.8. The lowest BCUT2D eigenvalue weighted by atomic mass is 9.97. The minimum Gasteiger partial charge on any atom is -0.466 e. The molecule has 0 saturated carbocycles. The van der Waals surface area contributed by atoms with Crippen LogP contribution in [0.3, 0.4) is 0 Å². The standard InChI is InChI=1S/C29H27ClN2O5S/c1-2-37-29(35)21-6-5-15-31(18-21)27(33)20-11-14-26-24(16-20)32(17-19-9-12-22(30)13-10-19)28(34)23-7-3-4-8-25(23)38(26)36/h3-4,7-14,16,21H,2,5-6,15,17-18H2,1H3/t21-,38-/m0/s1. The molecule has 0 unspecified atom stereocenters. The summed E-state index contributed by atoms with van der Waals surface area (Å²) in [6.45, 7) is 3.07. The van der Waals surface area contributed by atoms with Crippen molar-refractivity contribution in [3.8, 4) is 0 Å². The summed E-state index contributed by atoms with van der Waals surface area (Å²) in [4.78, 5) is 43.8. The first-order valence-electron chi connectivity index (χ1n) is 12.5. The fourth-order valence-electron chi connectivity index (χ4n) is 4.92. The Morgan fingerprint density at radius 1 is 1.05 bits per heavy atom. The summed E-state index contributed by atoms with van der Waals surface area (Å²) in [5.41, 5.74) is 1.98. The molecule has 2 heterocycles. The molecule has 9 heteroatoms. The Morgan fingerprint density at radius 2 is 1.82 bits per heavy atom. The molecule has 1 fully saturated rings. The van der Waals surface area contributed by atoms with Gasteiger partial charge in [-0.05, 0) is 67.8 Å². The van der Waals surface area contributed by atoms with Gasteiger partial charge >= 0.3 is 5.97 Å². The van der Waals surface area contributed by atoms with Crippen LogP contribution in [0.15, 0.2) is 76.5 Å². The molecule has 2 amide bonds. The zero-order chi connectivity index (χ0) is 26.8. The third-order valence-corrected chi connectivity index (χ3v) is 8.59. The van der Waals surface area contributed by atoms with Gasteiger partial charge in [-0.25, -0.2) is 4.21 Å². The number of carbonyl (C=O) groups is 3. The lowest BCUT2D eigenvalue weighted by Crippen LogP contribution is -2.43. The molecule has 0 radical (unpaired) electrons. The van der Waals surface area contributed by atoms with E-state index in [0.29, 0.717) is 57.6 Å². The highest BCUT2D eigenvalue weighted by Crippen LogP contribution is 2.36. The van der Waals surface area contributed by atoms with Gasteiger partial charge in [0.25, 0.3) is 11.8 Å². The number of rotatable bonds is 5. The predicted octanol–water partition coefficient (Wildman–Crippen LogP) is 5.08. The molecule has 0 bridgehead atoms. The number of fused-ring (bicyclic) bond motifs is 2. The second-order valence-electron chi connectivity index (χ2n) is 9.31. The SMILES string of the molecule is CCOC(=O)[C@H]1CCCN(C(=O)c2ccc3c(c2)N(Cc2ccc(Cl)cc2)C(=O)c2ccccc2[S@@]3=O)C1. The molecule has 38 heavy (non-hydrogen) atoms. The van der Waals surface area contributed by atoms with Gasteiger partial charge in [0.05, 0.1) is 50.9 Å². The zero-order valence-corrected chi connectivity index (χ0v) is 22.5. The van der Waals surface area contributed by atoms with Crippen molar-refractivity contribution in [1.82, 2.24) is 4.90 Å². The average molecular weight is 551 g/mol. The van der Waals surface area contributed by atoms with Gasteiger partial charge in [0, 0.05) is 23.7 Å². The van der Waals surface area contributed by atoms with Crippen LogP contribution in [-0.2, 0) is 26.9 Å². The second kappa shape index (κ2) is 11.1. The smallest absolute Gasteiger partial charge is 0.310 e. The fraction of sp³-hybridized carbons (Fsp3) is 0.276. The third kappa shape index (κ3) is 5.11. The van der Waals surface area contributed by atoms with E-state index in [2.05, 4.69) is 0 Å². The molecule has 2 atom stereocenters. The van der Waals surface area contributed by atoms with Gasteiger partial charge < -0.3 is 14.5 Å². The van der Waals surface area contributed by atoms with Crippen molar-refractivity contribution in [3.05, 3.63) is 88.4 Å². The van der Waals surface area contributed by atoms with Crippen LogP contribution >= 0.6 is 11.6 Å². The van der Waals surface area contributed by atoms with E-state index in [9.17, 15) is 18.6 Å². The summed E-state index contributed by atoms with van der Waals surface area (Å²) in [6, 6.07) is 19.0. The number of halogens is 1. The van der Waals surface area contributed by atoms with Gasteiger partial charge in [0.2, 0.25) is 0 Å². The molecule has 196 valence electrons. The summed E-state index contributed by atoms with van der Waals surface area (Å²) in [5.74, 6) is -1.20. The van der Waals surface area contributed by atoms with E-state index in [1.165, 1.54) is 0 Å². The maximum Gasteiger partial charge on any atom is 0.310 e. The van der Waals surface area contributed by atoms with Crippen LogP contribution in [0.25, 0.3) is 0 Å². The number of ether oxygens (including phenoxy) is 1. The van der Waals surface area contributed by atoms with Crippen molar-refractivity contribution in [2.24, 2.45) is 5.92 Å². The number of nitrogens with zero attached hydrogens (tertiary/aromatic N) is 2. The van der Waals surface area contributed by atoms with Crippen molar-refractivity contribution in [1.29, 1.82) is 0 Å². The van der Waals surface area contributed by atoms with Crippen LogP contribution in [0.5, 0.6) is 0 Å². The molecular formula is C29H27ClN2O5S. The Hall–Kier alpha value is -3.49. The van der Waals surface area contributed by atoms with Crippen LogP contribution in [0.1, 0.15) is 46.0 Å². The molecule has 3 aromatic rings. The molecule has 0 aromatic heterocycles. The first-order valence-corrected chi connectivity index (χ1v) is 14.1. The fourth-order valence-corrected chi connectivity index (χ4v) is 6.39. The summed E-state index contributed by atoms with van der Waals surface area (Å²) in [5, 5.41) is 0.582. The second-order valence-corrected chi connectivity index (χ2v) is 11.2. The first-order chi connectivity index (χ1) is 18.4. The Morgan fingerprint density at radius 3 is 2.58 bits per heavy atom. The van der Waals surface area contributed by atoms with E-state index in [1.54, 1.807) is 71.3 Å². The first kappa shape index (κ1) is 26.1. The molecule has 3 aromatic carbocycles. The number of piperidine rings is 1. The van der Waals surface area contributed by atoms with Crippen LogP contribution < -0.4 is 4.90 Å². The van der Waals surface area contributed by atoms with E-state index in [4.69, 9.17) is 16.3 Å². The lowest BCUT2D eigenvalue weighted by Gasteiger charge is -2.32. The molecule has 0 spiro atoms. The summed E-state index contributed by atoms with van der Waals surface area (Å²) in [6.07, 6.45) is 1.37. The Balaban J connectivity index is 1.53. The summed E-state index contributed by atoms with van der Waals surface area (Å²) >= 11 is 6.06. The molecule has 2 aliphatic heterocycles. The molecule has 5 rings (SSSR count). The van der Waals surface area contributed by atoms with Crippen LogP contribution in [0.4, 0.5) is 5.69 Å². The number of amides is 2. The van der Waals surface area contributed by atoms with Crippen LogP contribution in [0, 0.1) is 5.92 Å². The van der Waals surface area contributed by atoms with E-state index < -0.39 is 10.8 Å². The zero-order valence-electron chi connectivity index (χ0n) is 20.9. The van der Waals surface area contributed by atoms with Crippen molar-refractivity contribution in [3.63, 3.8) is 0 Å². The predicted molar refractivity (Wildman–Crippen MR) is 145 cm³/mol. The Bertz CT molecular complexity index is 1420. The minimum atomic E-state index is -1.62. The Kier molecular flexibility index (Phi) is 7.63. The monoisotopic (exact) mass is 550 g/mol. The van der Waals surface area contributed by atoms with Crippen molar-refractivity contribution in [2.45, 2.75) is 36.1 Å². The maximum absolute atomic E-state index is 13.8. The van der Waals surface area contributed by atoms with Gasteiger partial charge in [-0.15, -0.1) is 0 Å². The Labute approximate surface area is 228 Å². The molecule has 0 N–H and O–H groups in total. The van der Waals surface area contributed by atoms with Crippen molar-refractivity contribution in [2.75, 3.05) is 24.6 Å². The van der Waals surface area contributed by atoms with Gasteiger partial charge in [-0.3, -0.25) is 14.4 Å². The van der Waals surface area contributed by atoms with Crippen molar-refractivity contribution >= 4 is 45.9 Å². The molecule has 7 nitrogen and oxygen atoms in total. The molecular weight excluding hydrogens is 524 g/mol. The average Bonchev–Trinajstić information content (AvgIpc) is 3.03. The molecule has 0 aliphatic carbocycles. The minimum absolute atomic E-state index is 0.209. The number of esters is 1. The van der Waals surface area contributed by atoms with E-state index in [0.717, 1.165) is 5.56 Å². The van der Waals surface area contributed by atoms with Crippen molar-refractivity contribution < 1.29 is 23.3 Å². The quantitative estimate of drug-likeness (QED) is 0.414. The molecule has 2 aliphatic rings. The lowest BCUT2D eigenvalue weighted by molar-refractivity contribution is -0.149. The van der Waals surface area contributed by atoms with Crippen LogP contribution in [0.2, 0.25) is 5.02 Å². The van der Waals surface area contributed by atoms with Crippen LogP contribution in [-0.4, -0.2) is 46.6 Å². The van der Waals surface area contributed by atoms with E-state index in [1.807, 2.05) is 12.1 Å². The highest BCUT2D eigenvalue weighted by Gasteiger charge is 2.33. The topological polar surface area (TPSA) is 84.0 Å². The van der Waals surface area contributed by atoms with Gasteiger partial charge in [-0.1, -0.05) is 35.9 Å². The van der Waals surface area contributed by atoms with Gasteiger partial charge in [0.1, 0.15) is 0 Å². The normalized spacial score (nSPS) is 18.8. The highest BCUT2D eigenvalue weighted by molar-refractivity contribution is 7.85. The number of anilines is 1. The summed E-state index contributed by atoms with van der Waals surface area (Å²) < 4.78 is 18.8. The number of carbonyl (C=O) groups excluding carboxylic acids is 3. The highest BCUT2D eigenvalue weighted by atomic mass is 35.5. The number of hydrogen-bond donors (Lipinski definition) is 0. The third-order valence-electron chi connectivity index (χ3n) is 6.84. The van der Waals surface area contributed by atoms with Gasteiger partial charge in [-0.2, -0.15) is 0 Å². The van der Waals surface area contributed by atoms with E-state index in [-0.39, 0.29) is 36.8 Å². The van der Waals surface area contributed by atoms with E-state index >= 15 is 0 Å². The molecule has 1 saturated heterocycles. The largest absolute Gasteiger partial charge is 0.466 e.